The number of anilines is 1. The number of carbonyl (C=O) groups excluding carboxylic acids is 1. The molecule has 2 aromatic carbocycles. The molecule has 4 nitrogen and oxygen atoms in total. The monoisotopic (exact) mass is 502 g/mol. The first-order valence-corrected chi connectivity index (χ1v) is 10.6. The van der Waals surface area contributed by atoms with Crippen molar-refractivity contribution in [3.63, 3.8) is 0 Å². The average Bonchev–Trinajstić information content (AvgIpc) is 2.72. The normalized spacial score (nSPS) is 19.2. The van der Waals surface area contributed by atoms with Crippen molar-refractivity contribution < 1.29 is 40.3 Å². The molecule has 0 aliphatic carbocycles. The fourth-order valence-corrected chi connectivity index (χ4v) is 4.29. The maximum absolute atomic E-state index is 14.2. The van der Waals surface area contributed by atoms with Gasteiger partial charge in [-0.1, -0.05) is 0 Å². The summed E-state index contributed by atoms with van der Waals surface area (Å²) in [5, 5.41) is 9.88. The third-order valence-electron chi connectivity index (χ3n) is 5.73. The summed E-state index contributed by atoms with van der Waals surface area (Å²) in [6.45, 7) is 4.85. The molecule has 0 saturated carbocycles. The molecule has 188 valence electrons. The van der Waals surface area contributed by atoms with Crippen LogP contribution in [-0.2, 0) is 17.1 Å². The summed E-state index contributed by atoms with van der Waals surface area (Å²) in [5.74, 6) is -3.21. The molecule has 0 N–H and O–H groups in total. The van der Waals surface area contributed by atoms with E-state index in [2.05, 4.69) is 0 Å². The number of nitrogens with zero attached hydrogens (tertiary/aromatic N) is 2. The second kappa shape index (κ2) is 9.40. The Hall–Kier alpha value is -3.29. The maximum atomic E-state index is 14.2. The Morgan fingerprint density at radius 3 is 2.11 bits per heavy atom. The van der Waals surface area contributed by atoms with Crippen LogP contribution in [0.15, 0.2) is 36.4 Å². The van der Waals surface area contributed by atoms with Crippen LogP contribution in [0, 0.1) is 17.1 Å². The van der Waals surface area contributed by atoms with Crippen molar-refractivity contribution in [2.75, 3.05) is 4.90 Å². The Morgan fingerprint density at radius 2 is 1.63 bits per heavy atom. The predicted molar refractivity (Wildman–Crippen MR) is 112 cm³/mol. The highest BCUT2D eigenvalue weighted by Gasteiger charge is 2.42. The number of amides is 1. The highest BCUT2D eigenvalue weighted by atomic mass is 19.4. The van der Waals surface area contributed by atoms with E-state index in [0.29, 0.717) is 12.1 Å². The molecule has 11 heteroatoms. The van der Waals surface area contributed by atoms with Crippen molar-refractivity contribution in [3.8, 4) is 6.07 Å². The number of rotatable bonds is 3. The van der Waals surface area contributed by atoms with Crippen LogP contribution in [0.1, 0.15) is 61.3 Å². The molecule has 35 heavy (non-hydrogen) atoms. The largest absolute Gasteiger partial charge is 0.446 e. The van der Waals surface area contributed by atoms with Gasteiger partial charge in [0.1, 0.15) is 5.82 Å². The van der Waals surface area contributed by atoms with Crippen LogP contribution in [0.2, 0.25) is 0 Å². The van der Waals surface area contributed by atoms with Gasteiger partial charge in [-0.2, -0.15) is 31.6 Å². The van der Waals surface area contributed by atoms with Crippen molar-refractivity contribution in [2.24, 2.45) is 0 Å². The van der Waals surface area contributed by atoms with Crippen molar-refractivity contribution in [3.05, 3.63) is 64.5 Å². The highest BCUT2D eigenvalue weighted by Crippen LogP contribution is 2.47. The van der Waals surface area contributed by atoms with E-state index < -0.39 is 64.9 Å². The van der Waals surface area contributed by atoms with Gasteiger partial charge >= 0.3 is 18.4 Å². The third kappa shape index (κ3) is 5.52. The Kier molecular flexibility index (Phi) is 7.07. The van der Waals surface area contributed by atoms with E-state index in [0.717, 1.165) is 12.1 Å². The second-order valence-electron chi connectivity index (χ2n) is 8.64. The number of nitriles is 1. The molecule has 1 aliphatic rings. The number of carbonyl (C=O) groups is 1. The minimum atomic E-state index is -5.09. The van der Waals surface area contributed by atoms with Gasteiger partial charge in [0, 0.05) is 12.0 Å². The number of benzene rings is 2. The molecule has 0 radical (unpaired) electrons. The van der Waals surface area contributed by atoms with Crippen molar-refractivity contribution in [1.82, 2.24) is 0 Å². The summed E-state index contributed by atoms with van der Waals surface area (Å²) in [5.41, 5.74) is -3.31. The number of hydrogen-bond donors (Lipinski definition) is 0. The summed E-state index contributed by atoms with van der Waals surface area (Å²) in [7, 11) is 0. The van der Waals surface area contributed by atoms with Gasteiger partial charge in [-0.3, -0.25) is 4.90 Å². The van der Waals surface area contributed by atoms with Gasteiger partial charge in [-0.15, -0.1) is 0 Å². The van der Waals surface area contributed by atoms with Gasteiger partial charge in [-0.05, 0) is 74.7 Å². The Labute approximate surface area is 196 Å². The van der Waals surface area contributed by atoms with E-state index in [1.807, 2.05) is 6.07 Å². The van der Waals surface area contributed by atoms with Gasteiger partial charge in [0.05, 0.1) is 34.9 Å². The molecule has 0 spiro atoms. The van der Waals surface area contributed by atoms with E-state index in [1.54, 1.807) is 20.8 Å². The quantitative estimate of drug-likeness (QED) is 0.411. The lowest BCUT2D eigenvalue weighted by atomic mass is 9.75. The third-order valence-corrected chi connectivity index (χ3v) is 5.73. The summed E-state index contributed by atoms with van der Waals surface area (Å²) in [6, 6.07) is 5.54. The van der Waals surface area contributed by atoms with Crippen LogP contribution in [0.5, 0.6) is 0 Å². The molecule has 3 atom stereocenters. The zero-order valence-electron chi connectivity index (χ0n) is 18.8. The number of ether oxygens (including phenoxy) is 1. The SMILES string of the molecule is CC(C)OC(=O)N1c2ccc(F)cc2[C@@H]([C@@H](C#N)c2cc(C(F)(F)F)cc(C(F)(F)F)c2)C[C@H]1C. The average molecular weight is 502 g/mol. The second-order valence-corrected chi connectivity index (χ2v) is 8.64. The zero-order chi connectivity index (χ0) is 26.3. The highest BCUT2D eigenvalue weighted by molar-refractivity contribution is 5.90. The topological polar surface area (TPSA) is 53.3 Å². The van der Waals surface area contributed by atoms with Crippen LogP contribution < -0.4 is 4.90 Å². The summed E-state index contributed by atoms with van der Waals surface area (Å²) in [6.07, 6.45) is -11.4. The molecule has 1 aliphatic heterocycles. The molecule has 2 aromatic rings. The van der Waals surface area contributed by atoms with E-state index in [4.69, 9.17) is 4.74 Å². The van der Waals surface area contributed by atoms with Crippen LogP contribution in [0.25, 0.3) is 0 Å². The maximum Gasteiger partial charge on any atom is 0.416 e. The summed E-state index contributed by atoms with van der Waals surface area (Å²) >= 11 is 0. The van der Waals surface area contributed by atoms with Gasteiger partial charge in [0.25, 0.3) is 0 Å². The lowest BCUT2D eigenvalue weighted by molar-refractivity contribution is -0.143. The Morgan fingerprint density at radius 1 is 1.06 bits per heavy atom. The smallest absolute Gasteiger partial charge is 0.416 e. The van der Waals surface area contributed by atoms with E-state index in [-0.39, 0.29) is 23.7 Å². The van der Waals surface area contributed by atoms with Crippen LogP contribution in [0.4, 0.5) is 41.2 Å². The van der Waals surface area contributed by atoms with Crippen LogP contribution in [0.3, 0.4) is 0 Å². The molecular weight excluding hydrogens is 481 g/mol. The van der Waals surface area contributed by atoms with E-state index in [9.17, 15) is 40.8 Å². The Balaban J connectivity index is 2.17. The van der Waals surface area contributed by atoms with Gasteiger partial charge in [0.15, 0.2) is 0 Å². The molecular formula is C24H21F7N2O2. The molecule has 1 heterocycles. The van der Waals surface area contributed by atoms with E-state index >= 15 is 0 Å². The Bertz CT molecular complexity index is 1120. The standard InChI is InChI=1S/C24H21F7N2O2/c1-12(2)35-22(34)33-13(3)6-18(19-10-17(25)4-5-21(19)33)20(11-32)14-7-15(23(26,27)28)9-16(8-14)24(29,30)31/h4-5,7-10,12-13,18,20H,6H2,1-3H3/t13-,18+,20+/m1/s1. The number of hydrogen-bond acceptors (Lipinski definition) is 3. The summed E-state index contributed by atoms with van der Waals surface area (Å²) < 4.78 is 99.8. The van der Waals surface area contributed by atoms with Gasteiger partial charge < -0.3 is 4.74 Å². The summed E-state index contributed by atoms with van der Waals surface area (Å²) in [4.78, 5) is 13.9. The van der Waals surface area contributed by atoms with Crippen LogP contribution in [-0.4, -0.2) is 18.2 Å². The lowest BCUT2D eigenvalue weighted by Crippen LogP contribution is -2.45. The fraction of sp³-hybridized carbons (Fsp3) is 0.417. The molecule has 0 bridgehead atoms. The van der Waals surface area contributed by atoms with Gasteiger partial charge in [0.2, 0.25) is 0 Å². The first-order chi connectivity index (χ1) is 16.1. The first kappa shape index (κ1) is 26.3. The number of alkyl halides is 6. The first-order valence-electron chi connectivity index (χ1n) is 10.6. The van der Waals surface area contributed by atoms with Crippen molar-refractivity contribution in [2.45, 2.75) is 63.5 Å². The predicted octanol–water partition coefficient (Wildman–Crippen LogP) is 7.40. The lowest BCUT2D eigenvalue weighted by Gasteiger charge is -2.40. The molecule has 0 fully saturated rings. The molecule has 0 aromatic heterocycles. The molecule has 0 saturated heterocycles. The molecule has 3 rings (SSSR count). The van der Waals surface area contributed by atoms with E-state index in [1.165, 1.54) is 11.0 Å². The number of halogens is 7. The zero-order valence-corrected chi connectivity index (χ0v) is 18.8. The van der Waals surface area contributed by atoms with Crippen LogP contribution >= 0.6 is 0 Å². The van der Waals surface area contributed by atoms with Gasteiger partial charge in [-0.25, -0.2) is 9.18 Å². The van der Waals surface area contributed by atoms with Crippen molar-refractivity contribution >= 4 is 11.8 Å². The molecule has 0 unspecified atom stereocenters. The molecule has 1 amide bonds. The van der Waals surface area contributed by atoms with Crippen molar-refractivity contribution in [1.29, 1.82) is 5.26 Å². The minimum Gasteiger partial charge on any atom is -0.446 e. The minimum absolute atomic E-state index is 0.0152. The number of fused-ring (bicyclic) bond motifs is 1. The fourth-order valence-electron chi connectivity index (χ4n) is 4.29.